The van der Waals surface area contributed by atoms with Gasteiger partial charge in [-0.25, -0.2) is 9.97 Å². The fourth-order valence-electron chi connectivity index (χ4n) is 2.24. The topological polar surface area (TPSA) is 79.9 Å². The molecule has 0 aliphatic rings. The van der Waals surface area contributed by atoms with E-state index in [-0.39, 0.29) is 5.91 Å². The monoisotopic (exact) mass is 330 g/mol. The highest BCUT2D eigenvalue weighted by Crippen LogP contribution is 2.33. The predicted octanol–water partition coefficient (Wildman–Crippen LogP) is 3.57. The van der Waals surface area contributed by atoms with Crippen LogP contribution in [0.2, 0.25) is 5.02 Å². The number of pyridine rings is 1. The number of aryl methyl sites for hydroxylation is 1. The zero-order valence-electron chi connectivity index (χ0n) is 12.7. The van der Waals surface area contributed by atoms with Crippen molar-refractivity contribution in [3.8, 4) is 5.75 Å². The number of ether oxygens (including phenoxy) is 1. The van der Waals surface area contributed by atoms with E-state index in [9.17, 15) is 4.79 Å². The Kier molecular flexibility index (Phi) is 4.16. The molecule has 0 fully saturated rings. The summed E-state index contributed by atoms with van der Waals surface area (Å²) in [5.41, 5.74) is 2.23. The van der Waals surface area contributed by atoms with Crippen molar-refractivity contribution in [2.75, 3.05) is 11.9 Å². The number of hydrogen-bond acceptors (Lipinski definition) is 4. The molecule has 0 unspecified atom stereocenters. The molecule has 0 bridgehead atoms. The number of halogens is 1. The van der Waals surface area contributed by atoms with Crippen LogP contribution < -0.4 is 10.1 Å². The Morgan fingerprint density at radius 3 is 3.04 bits per heavy atom. The van der Waals surface area contributed by atoms with E-state index in [2.05, 4.69) is 20.3 Å². The first-order valence-electron chi connectivity index (χ1n) is 7.13. The fourth-order valence-corrected chi connectivity index (χ4v) is 2.47. The van der Waals surface area contributed by atoms with Gasteiger partial charge in [0, 0.05) is 6.20 Å². The molecule has 6 nitrogen and oxygen atoms in total. The normalized spacial score (nSPS) is 10.7. The number of nitrogens with zero attached hydrogens (tertiary/aromatic N) is 2. The number of fused-ring (bicyclic) bond motifs is 1. The van der Waals surface area contributed by atoms with E-state index in [1.807, 2.05) is 13.8 Å². The highest BCUT2D eigenvalue weighted by atomic mass is 35.5. The van der Waals surface area contributed by atoms with Gasteiger partial charge in [0.1, 0.15) is 5.82 Å². The van der Waals surface area contributed by atoms with Crippen LogP contribution in [0.25, 0.3) is 11.2 Å². The van der Waals surface area contributed by atoms with Crippen LogP contribution in [-0.2, 0) is 0 Å². The summed E-state index contributed by atoms with van der Waals surface area (Å²) in [6.07, 6.45) is 1.49. The molecule has 3 rings (SSSR count). The number of imidazole rings is 1. The van der Waals surface area contributed by atoms with Crippen LogP contribution in [0.4, 0.5) is 5.69 Å². The number of benzene rings is 1. The van der Waals surface area contributed by atoms with Crippen molar-refractivity contribution in [1.29, 1.82) is 0 Å². The molecule has 2 heterocycles. The maximum atomic E-state index is 12.4. The van der Waals surface area contributed by atoms with Gasteiger partial charge in [0.15, 0.2) is 11.4 Å². The smallest absolute Gasteiger partial charge is 0.257 e. The number of carbonyl (C=O) groups is 1. The molecule has 0 saturated heterocycles. The molecule has 118 valence electrons. The molecule has 1 amide bonds. The van der Waals surface area contributed by atoms with Crippen LogP contribution in [0.3, 0.4) is 0 Å². The van der Waals surface area contributed by atoms with Crippen molar-refractivity contribution < 1.29 is 9.53 Å². The number of rotatable bonds is 4. The number of hydrogen-bond donors (Lipinski definition) is 2. The van der Waals surface area contributed by atoms with E-state index in [1.54, 1.807) is 24.3 Å². The second-order valence-electron chi connectivity index (χ2n) is 4.92. The van der Waals surface area contributed by atoms with Crippen LogP contribution in [-0.4, -0.2) is 27.5 Å². The molecular weight excluding hydrogens is 316 g/mol. The lowest BCUT2D eigenvalue weighted by atomic mass is 10.2. The molecule has 0 aliphatic heterocycles. The van der Waals surface area contributed by atoms with Gasteiger partial charge in [-0.05, 0) is 32.0 Å². The predicted molar refractivity (Wildman–Crippen MR) is 89.2 cm³/mol. The number of anilines is 1. The molecule has 3 aromatic rings. The van der Waals surface area contributed by atoms with Gasteiger partial charge in [0.2, 0.25) is 0 Å². The van der Waals surface area contributed by atoms with Crippen LogP contribution in [0.15, 0.2) is 30.5 Å². The molecular formula is C16H15ClN4O2. The number of para-hydroxylation sites is 1. The highest BCUT2D eigenvalue weighted by molar-refractivity contribution is 6.32. The molecule has 0 spiro atoms. The van der Waals surface area contributed by atoms with Crippen LogP contribution in [0.1, 0.15) is 23.1 Å². The lowest BCUT2D eigenvalue weighted by molar-refractivity contribution is 0.102. The molecule has 0 atom stereocenters. The Hall–Kier alpha value is -2.60. The van der Waals surface area contributed by atoms with Crippen LogP contribution >= 0.6 is 11.6 Å². The van der Waals surface area contributed by atoms with Crippen molar-refractivity contribution in [2.45, 2.75) is 13.8 Å². The minimum absolute atomic E-state index is 0.296. The molecule has 23 heavy (non-hydrogen) atoms. The highest BCUT2D eigenvalue weighted by Gasteiger charge is 2.14. The first-order chi connectivity index (χ1) is 11.1. The fraction of sp³-hybridized carbons (Fsp3) is 0.188. The summed E-state index contributed by atoms with van der Waals surface area (Å²) >= 11 is 6.12. The Labute approximate surface area is 137 Å². The van der Waals surface area contributed by atoms with Crippen LogP contribution in [0, 0.1) is 6.92 Å². The first kappa shape index (κ1) is 15.3. The first-order valence-corrected chi connectivity index (χ1v) is 7.51. The number of aromatic amines is 1. The number of H-pyrrole nitrogens is 1. The number of aromatic nitrogens is 3. The maximum Gasteiger partial charge on any atom is 0.257 e. The lowest BCUT2D eigenvalue weighted by Crippen LogP contribution is -2.13. The van der Waals surface area contributed by atoms with E-state index in [4.69, 9.17) is 16.3 Å². The molecule has 7 heteroatoms. The summed E-state index contributed by atoms with van der Waals surface area (Å²) < 4.78 is 5.50. The van der Waals surface area contributed by atoms with Gasteiger partial charge >= 0.3 is 0 Å². The molecule has 2 N–H and O–H groups in total. The molecule has 1 aromatic carbocycles. The van der Waals surface area contributed by atoms with Crippen LogP contribution in [0.5, 0.6) is 5.75 Å². The Bertz CT molecular complexity index is 876. The molecule has 0 saturated carbocycles. The van der Waals surface area contributed by atoms with Crippen molar-refractivity contribution in [3.63, 3.8) is 0 Å². The summed E-state index contributed by atoms with van der Waals surface area (Å²) in [6.45, 7) is 4.14. The minimum atomic E-state index is -0.296. The average molecular weight is 331 g/mol. The van der Waals surface area contributed by atoms with E-state index < -0.39 is 0 Å². The quantitative estimate of drug-likeness (QED) is 0.766. The zero-order valence-corrected chi connectivity index (χ0v) is 13.4. The summed E-state index contributed by atoms with van der Waals surface area (Å²) in [7, 11) is 0. The van der Waals surface area contributed by atoms with Gasteiger partial charge in [-0.2, -0.15) is 0 Å². The Balaban J connectivity index is 1.90. The third-order valence-corrected chi connectivity index (χ3v) is 3.52. The number of carbonyl (C=O) groups excluding carboxylic acids is 1. The second kappa shape index (κ2) is 6.26. The zero-order chi connectivity index (χ0) is 16.4. The van der Waals surface area contributed by atoms with Crippen molar-refractivity contribution in [1.82, 2.24) is 15.0 Å². The van der Waals surface area contributed by atoms with E-state index >= 15 is 0 Å². The summed E-state index contributed by atoms with van der Waals surface area (Å²) in [5, 5.41) is 3.25. The lowest BCUT2D eigenvalue weighted by Gasteiger charge is -2.12. The summed E-state index contributed by atoms with van der Waals surface area (Å²) in [5.74, 6) is 0.907. The van der Waals surface area contributed by atoms with Crippen molar-refractivity contribution >= 4 is 34.4 Å². The molecule has 2 aromatic heterocycles. The average Bonchev–Trinajstić information content (AvgIpc) is 2.89. The second-order valence-corrected chi connectivity index (χ2v) is 5.33. The van der Waals surface area contributed by atoms with E-state index in [0.29, 0.717) is 39.8 Å². The van der Waals surface area contributed by atoms with E-state index in [0.717, 1.165) is 5.82 Å². The van der Waals surface area contributed by atoms with Gasteiger partial charge in [-0.3, -0.25) is 4.79 Å². The Morgan fingerprint density at radius 2 is 2.26 bits per heavy atom. The van der Waals surface area contributed by atoms with Gasteiger partial charge < -0.3 is 15.0 Å². The van der Waals surface area contributed by atoms with Crippen molar-refractivity contribution in [2.24, 2.45) is 0 Å². The molecule has 0 aliphatic carbocycles. The maximum absolute atomic E-state index is 12.4. The standard InChI is InChI=1S/C16H15ClN4O2/c1-3-23-14-11(17)5-4-6-12(14)21-16(22)10-7-13-15(18-8-10)20-9(2)19-13/h4-8H,3H2,1-2H3,(H,21,22)(H,18,19,20). The SMILES string of the molecule is CCOc1c(Cl)cccc1NC(=O)c1cnc2nc(C)[nH]c2c1. The van der Waals surface area contributed by atoms with E-state index in [1.165, 1.54) is 6.20 Å². The summed E-state index contributed by atoms with van der Waals surface area (Å²) in [6, 6.07) is 6.91. The third-order valence-electron chi connectivity index (χ3n) is 3.22. The van der Waals surface area contributed by atoms with Gasteiger partial charge in [-0.15, -0.1) is 0 Å². The number of nitrogens with one attached hydrogen (secondary N) is 2. The Morgan fingerprint density at radius 1 is 1.43 bits per heavy atom. The third kappa shape index (κ3) is 3.12. The van der Waals surface area contributed by atoms with Crippen molar-refractivity contribution in [3.05, 3.63) is 46.9 Å². The molecule has 0 radical (unpaired) electrons. The minimum Gasteiger partial charge on any atom is -0.490 e. The largest absolute Gasteiger partial charge is 0.490 e. The van der Waals surface area contributed by atoms with Gasteiger partial charge in [-0.1, -0.05) is 17.7 Å². The van der Waals surface area contributed by atoms with Gasteiger partial charge in [0.25, 0.3) is 5.91 Å². The van der Waals surface area contributed by atoms with Gasteiger partial charge in [0.05, 0.1) is 28.4 Å². The number of amides is 1. The summed E-state index contributed by atoms with van der Waals surface area (Å²) in [4.78, 5) is 23.9.